The third-order valence-electron chi connectivity index (χ3n) is 2.97. The average molecular weight is 254 g/mol. The van der Waals surface area contributed by atoms with Gasteiger partial charge in [-0.2, -0.15) is 0 Å². The number of hydrogen-bond donors (Lipinski definition) is 2. The predicted molar refractivity (Wildman–Crippen MR) is 61.6 cm³/mol. The fourth-order valence-electron chi connectivity index (χ4n) is 2.00. The number of rotatable bonds is 3. The number of aryl methyl sites for hydroxylation is 1. The number of aromatic amines is 1. The van der Waals surface area contributed by atoms with Crippen LogP contribution < -0.4 is 11.2 Å². The smallest absolute Gasteiger partial charge is 0.332 e. The SMILES string of the molecule is Cc1cn(CC2CCC(C(=O)O)O2)c(=O)[nH]c1=O. The van der Waals surface area contributed by atoms with Gasteiger partial charge in [0.1, 0.15) is 0 Å². The van der Waals surface area contributed by atoms with Gasteiger partial charge >= 0.3 is 11.7 Å². The van der Waals surface area contributed by atoms with Crippen molar-refractivity contribution >= 4 is 5.97 Å². The lowest BCUT2D eigenvalue weighted by atomic mass is 10.2. The summed E-state index contributed by atoms with van der Waals surface area (Å²) in [6.07, 6.45) is 1.38. The molecule has 0 aliphatic carbocycles. The second-order valence-electron chi connectivity index (χ2n) is 4.39. The minimum Gasteiger partial charge on any atom is -0.479 e. The van der Waals surface area contributed by atoms with Crippen LogP contribution >= 0.6 is 0 Å². The number of hydrogen-bond acceptors (Lipinski definition) is 4. The van der Waals surface area contributed by atoms with Crippen molar-refractivity contribution in [3.8, 4) is 0 Å². The van der Waals surface area contributed by atoms with Crippen LogP contribution in [0.2, 0.25) is 0 Å². The van der Waals surface area contributed by atoms with E-state index in [1.54, 1.807) is 6.92 Å². The second-order valence-corrected chi connectivity index (χ2v) is 4.39. The molecule has 1 aromatic rings. The standard InChI is InChI=1S/C11H14N2O5/c1-6-4-13(11(17)12-9(6)14)5-7-2-3-8(18-7)10(15)16/h4,7-8H,2-3,5H2,1H3,(H,15,16)(H,12,14,17). The van der Waals surface area contributed by atoms with E-state index in [1.807, 2.05) is 0 Å². The van der Waals surface area contributed by atoms with E-state index in [2.05, 4.69) is 4.98 Å². The first-order valence-electron chi connectivity index (χ1n) is 5.66. The number of carboxylic acid groups (broad SMARTS) is 1. The van der Waals surface area contributed by atoms with Crippen molar-refractivity contribution in [3.63, 3.8) is 0 Å². The Labute approximate surface area is 102 Å². The van der Waals surface area contributed by atoms with Crippen molar-refractivity contribution in [2.75, 3.05) is 0 Å². The lowest BCUT2D eigenvalue weighted by molar-refractivity contribution is -0.149. The Balaban J connectivity index is 2.12. The van der Waals surface area contributed by atoms with Gasteiger partial charge in [-0.1, -0.05) is 0 Å². The molecular weight excluding hydrogens is 240 g/mol. The van der Waals surface area contributed by atoms with Crippen molar-refractivity contribution in [2.45, 2.75) is 38.5 Å². The molecule has 2 atom stereocenters. The summed E-state index contributed by atoms with van der Waals surface area (Å²) >= 11 is 0. The lowest BCUT2D eigenvalue weighted by Gasteiger charge is -2.12. The van der Waals surface area contributed by atoms with Crippen molar-refractivity contribution in [1.82, 2.24) is 9.55 Å². The highest BCUT2D eigenvalue weighted by molar-refractivity contribution is 5.72. The van der Waals surface area contributed by atoms with Gasteiger partial charge in [0.25, 0.3) is 5.56 Å². The van der Waals surface area contributed by atoms with Crippen LogP contribution in [0.4, 0.5) is 0 Å². The van der Waals surface area contributed by atoms with Crippen LogP contribution in [0.1, 0.15) is 18.4 Å². The van der Waals surface area contributed by atoms with E-state index in [9.17, 15) is 14.4 Å². The number of nitrogens with zero attached hydrogens (tertiary/aromatic N) is 1. The molecular formula is C11H14N2O5. The molecule has 18 heavy (non-hydrogen) atoms. The Bertz CT molecular complexity index is 574. The van der Waals surface area contributed by atoms with Gasteiger partial charge < -0.3 is 9.84 Å². The molecule has 2 rings (SSSR count). The minimum atomic E-state index is -0.984. The molecule has 0 spiro atoms. The lowest BCUT2D eigenvalue weighted by Crippen LogP contribution is -2.34. The van der Waals surface area contributed by atoms with E-state index < -0.39 is 23.3 Å². The Morgan fingerprint density at radius 1 is 1.56 bits per heavy atom. The Hall–Kier alpha value is -1.89. The molecule has 0 bridgehead atoms. The maximum atomic E-state index is 11.5. The number of aromatic nitrogens is 2. The van der Waals surface area contributed by atoms with Gasteiger partial charge in [0, 0.05) is 11.8 Å². The van der Waals surface area contributed by atoms with Crippen LogP contribution in [-0.2, 0) is 16.1 Å². The first-order chi connectivity index (χ1) is 8.47. The number of carboxylic acids is 1. The maximum absolute atomic E-state index is 11.5. The summed E-state index contributed by atoms with van der Waals surface area (Å²) in [7, 11) is 0. The normalized spacial score (nSPS) is 23.2. The van der Waals surface area contributed by atoms with Gasteiger partial charge in [-0.25, -0.2) is 9.59 Å². The van der Waals surface area contributed by atoms with Gasteiger partial charge in [-0.15, -0.1) is 0 Å². The van der Waals surface area contributed by atoms with Gasteiger partial charge in [0.2, 0.25) is 0 Å². The third kappa shape index (κ3) is 2.51. The number of ether oxygens (including phenoxy) is 1. The number of carbonyl (C=O) groups is 1. The van der Waals surface area contributed by atoms with Gasteiger partial charge in [0.15, 0.2) is 6.10 Å². The van der Waals surface area contributed by atoms with Crippen molar-refractivity contribution in [1.29, 1.82) is 0 Å². The van der Waals surface area contributed by atoms with E-state index in [0.717, 1.165) is 0 Å². The van der Waals surface area contributed by atoms with Crippen molar-refractivity contribution in [3.05, 3.63) is 32.6 Å². The van der Waals surface area contributed by atoms with Crippen LogP contribution in [0, 0.1) is 6.92 Å². The highest BCUT2D eigenvalue weighted by Crippen LogP contribution is 2.20. The van der Waals surface area contributed by atoms with E-state index >= 15 is 0 Å². The largest absolute Gasteiger partial charge is 0.479 e. The zero-order valence-corrected chi connectivity index (χ0v) is 9.88. The van der Waals surface area contributed by atoms with E-state index in [0.29, 0.717) is 18.4 Å². The van der Waals surface area contributed by atoms with Crippen LogP contribution in [0.25, 0.3) is 0 Å². The molecule has 7 heteroatoms. The molecule has 2 heterocycles. The van der Waals surface area contributed by atoms with E-state index in [1.165, 1.54) is 10.8 Å². The summed E-state index contributed by atoms with van der Waals surface area (Å²) in [5.41, 5.74) is -0.484. The summed E-state index contributed by atoms with van der Waals surface area (Å²) in [5.74, 6) is -0.984. The number of H-pyrrole nitrogens is 1. The summed E-state index contributed by atoms with van der Waals surface area (Å²) in [4.78, 5) is 35.6. The first-order valence-corrected chi connectivity index (χ1v) is 5.66. The quantitative estimate of drug-likeness (QED) is 0.755. The molecule has 2 N–H and O–H groups in total. The highest BCUT2D eigenvalue weighted by atomic mass is 16.5. The summed E-state index contributed by atoms with van der Waals surface area (Å²) in [5, 5.41) is 8.79. The number of nitrogens with one attached hydrogen (secondary N) is 1. The maximum Gasteiger partial charge on any atom is 0.332 e. The molecule has 1 aliphatic heterocycles. The molecule has 0 saturated carbocycles. The van der Waals surface area contributed by atoms with Crippen molar-refractivity contribution < 1.29 is 14.6 Å². The molecule has 0 radical (unpaired) electrons. The zero-order chi connectivity index (χ0) is 13.3. The van der Waals surface area contributed by atoms with Gasteiger partial charge in [-0.3, -0.25) is 14.3 Å². The molecule has 1 fully saturated rings. The minimum absolute atomic E-state index is 0.250. The van der Waals surface area contributed by atoms with Crippen LogP contribution in [0.3, 0.4) is 0 Å². The van der Waals surface area contributed by atoms with Crippen LogP contribution in [0.5, 0.6) is 0 Å². The Morgan fingerprint density at radius 3 is 2.89 bits per heavy atom. The summed E-state index contributed by atoms with van der Waals surface area (Å²) in [6, 6.07) is 0. The van der Waals surface area contributed by atoms with Crippen LogP contribution in [-0.4, -0.2) is 32.8 Å². The Morgan fingerprint density at radius 2 is 2.28 bits per heavy atom. The molecule has 2 unspecified atom stereocenters. The summed E-state index contributed by atoms with van der Waals surface area (Å²) < 4.78 is 6.64. The molecule has 1 aromatic heterocycles. The van der Waals surface area contributed by atoms with Gasteiger partial charge in [0.05, 0.1) is 12.6 Å². The molecule has 0 aromatic carbocycles. The monoisotopic (exact) mass is 254 g/mol. The van der Waals surface area contributed by atoms with Crippen molar-refractivity contribution in [2.24, 2.45) is 0 Å². The molecule has 0 amide bonds. The first kappa shape index (κ1) is 12.6. The Kier molecular flexibility index (Phi) is 3.33. The van der Waals surface area contributed by atoms with Crippen LogP contribution in [0.15, 0.2) is 15.8 Å². The third-order valence-corrected chi connectivity index (χ3v) is 2.97. The topological polar surface area (TPSA) is 101 Å². The average Bonchev–Trinajstić information content (AvgIpc) is 2.74. The number of aliphatic carboxylic acids is 1. The van der Waals surface area contributed by atoms with E-state index in [4.69, 9.17) is 9.84 Å². The van der Waals surface area contributed by atoms with Gasteiger partial charge in [-0.05, 0) is 19.8 Å². The molecule has 7 nitrogen and oxygen atoms in total. The molecule has 1 aliphatic rings. The highest BCUT2D eigenvalue weighted by Gasteiger charge is 2.30. The second kappa shape index (κ2) is 4.77. The van der Waals surface area contributed by atoms with E-state index in [-0.39, 0.29) is 12.6 Å². The zero-order valence-electron chi connectivity index (χ0n) is 9.88. The fourth-order valence-corrected chi connectivity index (χ4v) is 2.00. The summed E-state index contributed by atoms with van der Waals surface area (Å²) in [6.45, 7) is 1.85. The molecule has 98 valence electrons. The fraction of sp³-hybridized carbons (Fsp3) is 0.545. The molecule has 1 saturated heterocycles. The predicted octanol–water partition coefficient (Wildman–Crippen LogP) is -0.523.